The quantitative estimate of drug-likeness (QED) is 0.904. The number of hydrogen-bond donors (Lipinski definition) is 2. The third kappa shape index (κ3) is 2.29. The highest BCUT2D eigenvalue weighted by atomic mass is 32.1. The number of amides is 1. The van der Waals surface area contributed by atoms with Crippen molar-refractivity contribution < 1.29 is 4.79 Å². The number of anilines is 1. The van der Waals surface area contributed by atoms with Gasteiger partial charge in [-0.3, -0.25) is 4.79 Å². The Morgan fingerprint density at radius 3 is 2.85 bits per heavy atom. The Bertz CT molecular complexity index is 658. The van der Waals surface area contributed by atoms with Crippen molar-refractivity contribution >= 4 is 33.0 Å². The monoisotopic (exact) mass is 288 g/mol. The van der Waals surface area contributed by atoms with E-state index in [-0.39, 0.29) is 11.9 Å². The molecule has 0 saturated heterocycles. The van der Waals surface area contributed by atoms with E-state index < -0.39 is 0 Å². The molecule has 1 aliphatic rings. The van der Waals surface area contributed by atoms with Crippen LogP contribution in [0, 0.1) is 12.8 Å². The molecule has 3 nitrogen and oxygen atoms in total. The maximum atomic E-state index is 12.4. The smallest absolute Gasteiger partial charge is 0.263 e. The van der Waals surface area contributed by atoms with Gasteiger partial charge in [0.1, 0.15) is 4.88 Å². The number of nitrogens with two attached hydrogens (primary N) is 1. The van der Waals surface area contributed by atoms with E-state index >= 15 is 0 Å². The van der Waals surface area contributed by atoms with E-state index in [1.165, 1.54) is 36.2 Å². The van der Waals surface area contributed by atoms with Crippen LogP contribution in [0.5, 0.6) is 0 Å². The predicted octanol–water partition coefficient (Wildman–Crippen LogP) is 3.71. The van der Waals surface area contributed by atoms with Gasteiger partial charge >= 0.3 is 0 Å². The van der Waals surface area contributed by atoms with Crippen LogP contribution in [0.1, 0.15) is 41.4 Å². The molecule has 20 heavy (non-hydrogen) atoms. The van der Waals surface area contributed by atoms with E-state index in [4.69, 9.17) is 5.73 Å². The molecule has 3 N–H and O–H groups in total. The fourth-order valence-electron chi connectivity index (χ4n) is 2.72. The molecule has 3 rings (SSSR count). The van der Waals surface area contributed by atoms with Gasteiger partial charge < -0.3 is 11.1 Å². The van der Waals surface area contributed by atoms with Gasteiger partial charge in [0.2, 0.25) is 0 Å². The number of nitrogens with one attached hydrogen (secondary N) is 1. The van der Waals surface area contributed by atoms with Crippen molar-refractivity contribution in [2.75, 3.05) is 5.73 Å². The number of thiophene rings is 1. The molecule has 0 aliphatic heterocycles. The summed E-state index contributed by atoms with van der Waals surface area (Å²) in [6.07, 6.45) is 3.74. The maximum absolute atomic E-state index is 12.4. The van der Waals surface area contributed by atoms with Gasteiger partial charge in [0.05, 0.1) is 5.69 Å². The SMILES string of the molecule is Cc1ccc2c(N)c(C(=O)NC(C)C3CCC3)sc2c1. The number of hydrogen-bond acceptors (Lipinski definition) is 3. The molecule has 0 spiro atoms. The van der Waals surface area contributed by atoms with Crippen LogP contribution in [0.2, 0.25) is 0 Å². The highest BCUT2D eigenvalue weighted by Crippen LogP contribution is 2.35. The van der Waals surface area contributed by atoms with Crippen molar-refractivity contribution in [3.8, 4) is 0 Å². The predicted molar refractivity (Wildman–Crippen MR) is 85.2 cm³/mol. The largest absolute Gasteiger partial charge is 0.397 e. The standard InChI is InChI=1S/C16H20N2OS/c1-9-6-7-12-13(8-9)20-15(14(12)17)16(19)18-10(2)11-4-3-5-11/h6-8,10-11H,3-5,17H2,1-2H3,(H,18,19). The summed E-state index contributed by atoms with van der Waals surface area (Å²) in [6.45, 7) is 4.14. The minimum atomic E-state index is -0.0271. The Hall–Kier alpha value is -1.55. The number of carbonyl (C=O) groups excluding carboxylic acids is 1. The number of aryl methyl sites for hydroxylation is 1. The second kappa shape index (κ2) is 5.09. The highest BCUT2D eigenvalue weighted by Gasteiger charge is 2.26. The first kappa shape index (κ1) is 13.4. The molecule has 0 radical (unpaired) electrons. The Morgan fingerprint density at radius 2 is 2.20 bits per heavy atom. The summed E-state index contributed by atoms with van der Waals surface area (Å²) in [5.74, 6) is 0.609. The summed E-state index contributed by atoms with van der Waals surface area (Å²) in [5.41, 5.74) is 7.94. The van der Waals surface area contributed by atoms with Gasteiger partial charge in [-0.1, -0.05) is 18.6 Å². The second-order valence-electron chi connectivity index (χ2n) is 5.80. The van der Waals surface area contributed by atoms with E-state index in [2.05, 4.69) is 18.3 Å². The van der Waals surface area contributed by atoms with Crippen molar-refractivity contribution in [3.05, 3.63) is 28.6 Å². The second-order valence-corrected chi connectivity index (χ2v) is 6.85. The lowest BCUT2D eigenvalue weighted by atomic mass is 9.80. The Kier molecular flexibility index (Phi) is 3.42. The lowest BCUT2D eigenvalue weighted by Crippen LogP contribution is -2.40. The van der Waals surface area contributed by atoms with Gasteiger partial charge in [0.15, 0.2) is 0 Å². The Labute approximate surface area is 123 Å². The van der Waals surface area contributed by atoms with Gasteiger partial charge in [0.25, 0.3) is 5.91 Å². The van der Waals surface area contributed by atoms with E-state index in [0.29, 0.717) is 16.5 Å². The molecule has 1 atom stereocenters. The van der Waals surface area contributed by atoms with Crippen LogP contribution in [0.25, 0.3) is 10.1 Å². The molecule has 1 amide bonds. The van der Waals surface area contributed by atoms with Crippen molar-refractivity contribution in [2.45, 2.75) is 39.2 Å². The number of fused-ring (bicyclic) bond motifs is 1. The minimum absolute atomic E-state index is 0.0271. The van der Waals surface area contributed by atoms with Crippen LogP contribution in [0.3, 0.4) is 0 Å². The minimum Gasteiger partial charge on any atom is -0.397 e. The number of carbonyl (C=O) groups is 1. The molecule has 0 bridgehead atoms. The van der Waals surface area contributed by atoms with Crippen LogP contribution in [-0.4, -0.2) is 11.9 Å². The lowest BCUT2D eigenvalue weighted by Gasteiger charge is -2.31. The molecule has 1 aliphatic carbocycles. The summed E-state index contributed by atoms with van der Waals surface area (Å²) in [5, 5.41) is 4.09. The van der Waals surface area contributed by atoms with Crippen molar-refractivity contribution in [3.63, 3.8) is 0 Å². The first-order valence-corrected chi connectivity index (χ1v) is 7.97. The fraction of sp³-hybridized carbons (Fsp3) is 0.438. The number of nitrogen functional groups attached to an aromatic ring is 1. The molecule has 1 unspecified atom stereocenters. The highest BCUT2D eigenvalue weighted by molar-refractivity contribution is 7.21. The van der Waals surface area contributed by atoms with E-state index in [1.807, 2.05) is 19.1 Å². The lowest BCUT2D eigenvalue weighted by molar-refractivity contribution is 0.0914. The molecule has 1 aromatic carbocycles. The maximum Gasteiger partial charge on any atom is 0.263 e. The van der Waals surface area contributed by atoms with Crippen LogP contribution in [0.4, 0.5) is 5.69 Å². The number of benzene rings is 1. The van der Waals surface area contributed by atoms with Crippen LogP contribution in [0.15, 0.2) is 18.2 Å². The molecule has 1 heterocycles. The molecule has 2 aromatic rings. The van der Waals surface area contributed by atoms with Gasteiger partial charge in [-0.05, 0) is 44.2 Å². The van der Waals surface area contributed by atoms with Gasteiger partial charge in [-0.25, -0.2) is 0 Å². The molecular weight excluding hydrogens is 268 g/mol. The Balaban J connectivity index is 1.85. The number of rotatable bonds is 3. The van der Waals surface area contributed by atoms with E-state index in [1.54, 1.807) is 0 Å². The zero-order valence-corrected chi connectivity index (χ0v) is 12.7. The molecule has 4 heteroatoms. The van der Waals surface area contributed by atoms with Gasteiger partial charge in [-0.15, -0.1) is 11.3 Å². The molecule has 1 fully saturated rings. The van der Waals surface area contributed by atoms with Crippen molar-refractivity contribution in [2.24, 2.45) is 5.92 Å². The fourth-order valence-corrected chi connectivity index (χ4v) is 3.85. The molecular formula is C16H20N2OS. The zero-order chi connectivity index (χ0) is 14.3. The van der Waals surface area contributed by atoms with E-state index in [9.17, 15) is 4.79 Å². The third-order valence-electron chi connectivity index (χ3n) is 4.31. The third-order valence-corrected chi connectivity index (χ3v) is 5.47. The summed E-state index contributed by atoms with van der Waals surface area (Å²) in [7, 11) is 0. The molecule has 106 valence electrons. The normalized spacial score (nSPS) is 16.9. The first-order valence-electron chi connectivity index (χ1n) is 7.15. The first-order chi connectivity index (χ1) is 9.56. The van der Waals surface area contributed by atoms with Gasteiger partial charge in [0, 0.05) is 16.1 Å². The average Bonchev–Trinajstić information content (AvgIpc) is 2.63. The topological polar surface area (TPSA) is 55.1 Å². The average molecular weight is 288 g/mol. The summed E-state index contributed by atoms with van der Waals surface area (Å²) < 4.78 is 1.09. The van der Waals surface area contributed by atoms with Crippen molar-refractivity contribution in [1.29, 1.82) is 0 Å². The van der Waals surface area contributed by atoms with Crippen molar-refractivity contribution in [1.82, 2.24) is 5.32 Å². The molecule has 1 saturated carbocycles. The van der Waals surface area contributed by atoms with E-state index in [0.717, 1.165) is 10.1 Å². The zero-order valence-electron chi connectivity index (χ0n) is 11.9. The Morgan fingerprint density at radius 1 is 1.45 bits per heavy atom. The summed E-state index contributed by atoms with van der Waals surface area (Å²) >= 11 is 1.49. The van der Waals surface area contributed by atoms with Crippen LogP contribution >= 0.6 is 11.3 Å². The van der Waals surface area contributed by atoms with Gasteiger partial charge in [-0.2, -0.15) is 0 Å². The summed E-state index contributed by atoms with van der Waals surface area (Å²) in [4.78, 5) is 13.0. The molecule has 1 aromatic heterocycles. The summed E-state index contributed by atoms with van der Waals surface area (Å²) in [6, 6.07) is 6.36. The van der Waals surface area contributed by atoms with Crippen LogP contribution < -0.4 is 11.1 Å². The van der Waals surface area contributed by atoms with Crippen LogP contribution in [-0.2, 0) is 0 Å².